The van der Waals surface area contributed by atoms with Gasteiger partial charge >= 0.3 is 0 Å². The fourth-order valence-electron chi connectivity index (χ4n) is 6.59. The second-order valence-electron chi connectivity index (χ2n) is 11.1. The molecule has 44 heavy (non-hydrogen) atoms. The summed E-state index contributed by atoms with van der Waals surface area (Å²) in [6.07, 6.45) is 4.28. The highest BCUT2D eigenvalue weighted by Gasteiger charge is 2.15. The quantitative estimate of drug-likeness (QED) is 0.139. The third-order valence-electron chi connectivity index (χ3n) is 8.57. The number of para-hydroxylation sites is 2. The van der Waals surface area contributed by atoms with Crippen LogP contribution in [0.1, 0.15) is 5.56 Å². The van der Waals surface area contributed by atoms with Crippen molar-refractivity contribution in [3.8, 4) is 28.3 Å². The van der Waals surface area contributed by atoms with Crippen molar-refractivity contribution in [2.75, 3.05) is 0 Å². The lowest BCUT2D eigenvalue weighted by Gasteiger charge is -2.12. The van der Waals surface area contributed by atoms with Crippen LogP contribution in [0.25, 0.3) is 66.1 Å². The fourth-order valence-corrected chi connectivity index (χ4v) is 6.59. The SMILES string of the molecule is C=CCc1ccc2c3ccccc3n(-c3ccc(-c4ccc(-n5c6ccccc6c6ccc(OC=C)cc65)cc4)cc3)c2c1. The van der Waals surface area contributed by atoms with Gasteiger partial charge in [0.15, 0.2) is 0 Å². The summed E-state index contributed by atoms with van der Waals surface area (Å²) in [4.78, 5) is 0. The van der Waals surface area contributed by atoms with E-state index in [1.54, 1.807) is 0 Å². The summed E-state index contributed by atoms with van der Waals surface area (Å²) in [6, 6.07) is 47.8. The van der Waals surface area contributed by atoms with Gasteiger partial charge in [0.2, 0.25) is 0 Å². The van der Waals surface area contributed by atoms with Crippen LogP contribution in [-0.4, -0.2) is 9.13 Å². The number of benzene rings is 6. The third-order valence-corrected chi connectivity index (χ3v) is 8.57. The summed E-state index contributed by atoms with van der Waals surface area (Å²) in [6.45, 7) is 7.66. The Morgan fingerprint density at radius 2 is 1.00 bits per heavy atom. The molecule has 0 aliphatic heterocycles. The highest BCUT2D eigenvalue weighted by atomic mass is 16.5. The van der Waals surface area contributed by atoms with E-state index >= 15 is 0 Å². The van der Waals surface area contributed by atoms with Crippen molar-refractivity contribution in [2.24, 2.45) is 0 Å². The number of fused-ring (bicyclic) bond motifs is 6. The fraction of sp³-hybridized carbons (Fsp3) is 0.0244. The average molecular weight is 567 g/mol. The van der Waals surface area contributed by atoms with Crippen LogP contribution in [0, 0.1) is 0 Å². The van der Waals surface area contributed by atoms with E-state index in [0.717, 1.165) is 34.6 Å². The van der Waals surface area contributed by atoms with Crippen LogP contribution in [0.5, 0.6) is 5.75 Å². The first-order valence-corrected chi connectivity index (χ1v) is 14.9. The number of hydrogen-bond acceptors (Lipinski definition) is 1. The van der Waals surface area contributed by atoms with E-state index in [2.05, 4.69) is 150 Å². The molecule has 0 fully saturated rings. The molecule has 2 heterocycles. The summed E-state index contributed by atoms with van der Waals surface area (Å²) in [5, 5.41) is 4.94. The molecule has 0 spiro atoms. The number of nitrogens with zero attached hydrogens (tertiary/aromatic N) is 2. The van der Waals surface area contributed by atoms with Crippen molar-refractivity contribution in [2.45, 2.75) is 6.42 Å². The van der Waals surface area contributed by atoms with E-state index in [9.17, 15) is 0 Å². The van der Waals surface area contributed by atoms with E-state index in [1.807, 2.05) is 12.1 Å². The largest absolute Gasteiger partial charge is 0.466 e. The monoisotopic (exact) mass is 566 g/mol. The molecule has 210 valence electrons. The summed E-state index contributed by atoms with van der Waals surface area (Å²) < 4.78 is 10.3. The molecule has 6 aromatic carbocycles. The molecular weight excluding hydrogens is 536 g/mol. The highest BCUT2D eigenvalue weighted by molar-refractivity contribution is 6.10. The molecule has 0 atom stereocenters. The minimum atomic E-state index is 0.772. The van der Waals surface area contributed by atoms with Crippen molar-refractivity contribution in [3.63, 3.8) is 0 Å². The lowest BCUT2D eigenvalue weighted by atomic mass is 10.0. The van der Waals surface area contributed by atoms with Crippen LogP contribution in [0.2, 0.25) is 0 Å². The van der Waals surface area contributed by atoms with Crippen LogP contribution in [-0.2, 0) is 6.42 Å². The van der Waals surface area contributed by atoms with Crippen molar-refractivity contribution in [3.05, 3.63) is 165 Å². The van der Waals surface area contributed by atoms with Gasteiger partial charge in [0.25, 0.3) is 0 Å². The number of rotatable bonds is 7. The first-order valence-electron chi connectivity index (χ1n) is 14.9. The number of ether oxygens (including phenoxy) is 1. The summed E-state index contributed by atoms with van der Waals surface area (Å²) in [5.41, 5.74) is 10.6. The van der Waals surface area contributed by atoms with Crippen LogP contribution in [0.3, 0.4) is 0 Å². The lowest BCUT2D eigenvalue weighted by molar-refractivity contribution is 0.484. The second-order valence-corrected chi connectivity index (χ2v) is 11.1. The summed E-state index contributed by atoms with van der Waals surface area (Å²) >= 11 is 0. The molecule has 8 rings (SSSR count). The number of aromatic nitrogens is 2. The number of allylic oxidation sites excluding steroid dienone is 1. The highest BCUT2D eigenvalue weighted by Crippen LogP contribution is 2.36. The molecule has 0 aliphatic rings. The Bertz CT molecular complexity index is 2180. The Hall–Kier alpha value is -5.80. The first-order chi connectivity index (χ1) is 21.7. The van der Waals surface area contributed by atoms with Gasteiger partial charge in [0.1, 0.15) is 5.75 Å². The molecule has 8 aromatic rings. The van der Waals surface area contributed by atoms with Crippen molar-refractivity contribution in [1.29, 1.82) is 0 Å². The maximum Gasteiger partial charge on any atom is 0.128 e. The van der Waals surface area contributed by atoms with E-state index in [1.165, 1.54) is 55.5 Å². The molecule has 0 amide bonds. The third kappa shape index (κ3) is 4.13. The molecule has 3 heteroatoms. The predicted octanol–water partition coefficient (Wildman–Crippen LogP) is 10.8. The zero-order chi connectivity index (χ0) is 29.6. The zero-order valence-electron chi connectivity index (χ0n) is 24.3. The van der Waals surface area contributed by atoms with E-state index in [-0.39, 0.29) is 0 Å². The Kier molecular flexibility index (Phi) is 6.16. The minimum absolute atomic E-state index is 0.772. The zero-order valence-corrected chi connectivity index (χ0v) is 24.3. The van der Waals surface area contributed by atoms with Gasteiger partial charge in [0, 0.05) is 39.0 Å². The van der Waals surface area contributed by atoms with Crippen molar-refractivity contribution < 1.29 is 4.74 Å². The smallest absolute Gasteiger partial charge is 0.128 e. The summed E-state index contributed by atoms with van der Waals surface area (Å²) in [5.74, 6) is 0.772. The van der Waals surface area contributed by atoms with Gasteiger partial charge < -0.3 is 13.9 Å². The molecule has 3 nitrogen and oxygen atoms in total. The molecule has 2 aromatic heterocycles. The molecule has 0 N–H and O–H groups in total. The molecule has 0 aliphatic carbocycles. The van der Waals surface area contributed by atoms with E-state index in [4.69, 9.17) is 4.74 Å². The van der Waals surface area contributed by atoms with Crippen molar-refractivity contribution >= 4 is 43.6 Å². The van der Waals surface area contributed by atoms with Gasteiger partial charge in [-0.1, -0.05) is 85.5 Å². The second kappa shape index (κ2) is 10.5. The molecule has 0 saturated heterocycles. The van der Waals surface area contributed by atoms with Crippen molar-refractivity contribution in [1.82, 2.24) is 9.13 Å². The van der Waals surface area contributed by atoms with Gasteiger partial charge in [-0.05, 0) is 77.7 Å². The van der Waals surface area contributed by atoms with Gasteiger partial charge in [-0.3, -0.25) is 0 Å². The first kappa shape index (κ1) is 25.9. The van der Waals surface area contributed by atoms with E-state index < -0.39 is 0 Å². The average Bonchev–Trinajstić information content (AvgIpc) is 3.57. The van der Waals surface area contributed by atoms with Crippen LogP contribution in [0.4, 0.5) is 0 Å². The Labute approximate surface area is 256 Å². The maximum atomic E-state index is 5.62. The minimum Gasteiger partial charge on any atom is -0.466 e. The predicted molar refractivity (Wildman–Crippen MR) is 185 cm³/mol. The molecule has 0 radical (unpaired) electrons. The van der Waals surface area contributed by atoms with E-state index in [0.29, 0.717) is 0 Å². The number of hydrogen-bond donors (Lipinski definition) is 0. The lowest BCUT2D eigenvalue weighted by Crippen LogP contribution is -1.95. The molecule has 0 bridgehead atoms. The molecular formula is C41H30N2O. The molecule has 0 unspecified atom stereocenters. The normalized spacial score (nSPS) is 11.5. The van der Waals surface area contributed by atoms with Gasteiger partial charge in [-0.15, -0.1) is 6.58 Å². The van der Waals surface area contributed by atoms with Crippen LogP contribution < -0.4 is 4.74 Å². The Morgan fingerprint density at radius 3 is 1.55 bits per heavy atom. The van der Waals surface area contributed by atoms with Gasteiger partial charge in [-0.2, -0.15) is 0 Å². The van der Waals surface area contributed by atoms with Crippen LogP contribution in [0.15, 0.2) is 159 Å². The standard InChI is InChI=1S/C41H30N2O/c1-3-9-28-14-24-36-34-10-5-7-12-38(34)42(40(36)26-28)31-19-15-29(16-20-31)30-17-21-32(22-18-30)43-39-13-8-6-11-35(39)37-25-23-33(44-4-2)27-41(37)43/h3-8,10-27H,1-2,9H2. The Balaban J connectivity index is 1.19. The summed E-state index contributed by atoms with van der Waals surface area (Å²) in [7, 11) is 0. The molecule has 0 saturated carbocycles. The van der Waals surface area contributed by atoms with Gasteiger partial charge in [0.05, 0.1) is 28.3 Å². The van der Waals surface area contributed by atoms with Gasteiger partial charge in [-0.25, -0.2) is 0 Å². The van der Waals surface area contributed by atoms with Crippen LogP contribution >= 0.6 is 0 Å². The Morgan fingerprint density at radius 1 is 0.500 bits per heavy atom. The maximum absolute atomic E-state index is 5.62. The topological polar surface area (TPSA) is 19.1 Å².